The first kappa shape index (κ1) is 11.7. The highest BCUT2D eigenvalue weighted by atomic mass is 16.5. The Balaban J connectivity index is 2.44. The quantitative estimate of drug-likeness (QED) is 0.811. The molecule has 1 atom stereocenters. The van der Waals surface area contributed by atoms with Gasteiger partial charge in [0.05, 0.1) is 13.2 Å². The standard InChI is InChI=1S/C12H14O5/c1-7-8(10(13)12(14)15)3-4-9-11(7)17-6-2-5-16-9/h3-4,10,13H,2,5-6H2,1H3,(H,14,15). The number of aliphatic carboxylic acids is 1. The summed E-state index contributed by atoms with van der Waals surface area (Å²) in [5.74, 6) is -0.149. The third-order valence-electron chi connectivity index (χ3n) is 2.73. The minimum absolute atomic E-state index is 0.335. The maximum atomic E-state index is 10.8. The van der Waals surface area contributed by atoms with Crippen molar-refractivity contribution in [3.8, 4) is 11.5 Å². The fourth-order valence-corrected chi connectivity index (χ4v) is 1.82. The van der Waals surface area contributed by atoms with Gasteiger partial charge in [0, 0.05) is 12.0 Å². The minimum Gasteiger partial charge on any atom is -0.490 e. The number of aliphatic hydroxyl groups excluding tert-OH is 1. The Kier molecular flexibility index (Phi) is 3.19. The van der Waals surface area contributed by atoms with Crippen LogP contribution in [0.5, 0.6) is 11.5 Å². The molecule has 5 nitrogen and oxygen atoms in total. The fourth-order valence-electron chi connectivity index (χ4n) is 1.82. The molecule has 0 aliphatic carbocycles. The summed E-state index contributed by atoms with van der Waals surface area (Å²) in [6.45, 7) is 2.82. The smallest absolute Gasteiger partial charge is 0.337 e. The molecule has 2 N–H and O–H groups in total. The Morgan fingerprint density at radius 1 is 1.35 bits per heavy atom. The highest BCUT2D eigenvalue weighted by molar-refractivity contribution is 5.75. The number of carboxylic acid groups (broad SMARTS) is 1. The lowest BCUT2D eigenvalue weighted by atomic mass is 10.0. The number of rotatable bonds is 2. The van der Waals surface area contributed by atoms with E-state index in [1.165, 1.54) is 0 Å². The van der Waals surface area contributed by atoms with E-state index in [-0.39, 0.29) is 0 Å². The molecule has 0 aromatic heterocycles. The van der Waals surface area contributed by atoms with Gasteiger partial charge in [-0.3, -0.25) is 0 Å². The number of hydrogen-bond acceptors (Lipinski definition) is 4. The van der Waals surface area contributed by atoms with E-state index in [0.29, 0.717) is 35.8 Å². The average Bonchev–Trinajstić information content (AvgIpc) is 2.54. The van der Waals surface area contributed by atoms with Crippen molar-refractivity contribution in [2.75, 3.05) is 13.2 Å². The van der Waals surface area contributed by atoms with Crippen LogP contribution in [0.4, 0.5) is 0 Å². The van der Waals surface area contributed by atoms with E-state index in [1.807, 2.05) is 0 Å². The van der Waals surface area contributed by atoms with Crippen molar-refractivity contribution in [3.05, 3.63) is 23.3 Å². The topological polar surface area (TPSA) is 76.0 Å². The molecule has 0 spiro atoms. The van der Waals surface area contributed by atoms with Crippen LogP contribution in [0.25, 0.3) is 0 Å². The summed E-state index contributed by atoms with van der Waals surface area (Å²) in [5.41, 5.74) is 0.945. The van der Waals surface area contributed by atoms with Crippen LogP contribution in [0.2, 0.25) is 0 Å². The normalized spacial score (nSPS) is 16.1. The van der Waals surface area contributed by atoms with E-state index in [2.05, 4.69) is 0 Å². The van der Waals surface area contributed by atoms with E-state index in [0.717, 1.165) is 6.42 Å². The summed E-state index contributed by atoms with van der Waals surface area (Å²) >= 11 is 0. The molecule has 1 aromatic carbocycles. The van der Waals surface area contributed by atoms with Crippen LogP contribution < -0.4 is 9.47 Å². The molecule has 0 saturated carbocycles. The molecular formula is C12H14O5. The molecular weight excluding hydrogens is 224 g/mol. The van der Waals surface area contributed by atoms with Gasteiger partial charge in [0.25, 0.3) is 0 Å². The van der Waals surface area contributed by atoms with Gasteiger partial charge in [-0.1, -0.05) is 6.07 Å². The lowest BCUT2D eigenvalue weighted by Gasteiger charge is -2.15. The molecule has 0 radical (unpaired) electrons. The van der Waals surface area contributed by atoms with Crippen molar-refractivity contribution < 1.29 is 24.5 Å². The predicted molar refractivity (Wildman–Crippen MR) is 59.4 cm³/mol. The van der Waals surface area contributed by atoms with Crippen LogP contribution in [0.15, 0.2) is 12.1 Å². The number of benzene rings is 1. The second-order valence-electron chi connectivity index (χ2n) is 3.90. The molecule has 1 unspecified atom stereocenters. The Hall–Kier alpha value is -1.75. The molecule has 1 aliphatic rings. The molecule has 2 rings (SSSR count). The summed E-state index contributed by atoms with van der Waals surface area (Å²) < 4.78 is 11.0. The molecule has 0 amide bonds. The zero-order valence-corrected chi connectivity index (χ0v) is 9.47. The molecule has 1 heterocycles. The molecule has 0 fully saturated rings. The second-order valence-corrected chi connectivity index (χ2v) is 3.90. The zero-order chi connectivity index (χ0) is 12.4. The lowest BCUT2D eigenvalue weighted by Crippen LogP contribution is -2.12. The van der Waals surface area contributed by atoms with Crippen LogP contribution in [0.3, 0.4) is 0 Å². The van der Waals surface area contributed by atoms with Gasteiger partial charge in [0.15, 0.2) is 17.6 Å². The van der Waals surface area contributed by atoms with Gasteiger partial charge in [-0.2, -0.15) is 0 Å². The van der Waals surface area contributed by atoms with Crippen LogP contribution in [0.1, 0.15) is 23.7 Å². The molecule has 92 valence electrons. The zero-order valence-electron chi connectivity index (χ0n) is 9.47. The van der Waals surface area contributed by atoms with E-state index in [9.17, 15) is 9.90 Å². The van der Waals surface area contributed by atoms with Crippen molar-refractivity contribution in [1.82, 2.24) is 0 Å². The van der Waals surface area contributed by atoms with Crippen LogP contribution in [0, 0.1) is 6.92 Å². The lowest BCUT2D eigenvalue weighted by molar-refractivity contribution is -0.147. The number of hydrogen-bond donors (Lipinski definition) is 2. The largest absolute Gasteiger partial charge is 0.490 e. The van der Waals surface area contributed by atoms with Gasteiger partial charge >= 0.3 is 5.97 Å². The van der Waals surface area contributed by atoms with Gasteiger partial charge < -0.3 is 19.7 Å². The first-order valence-corrected chi connectivity index (χ1v) is 5.41. The van der Waals surface area contributed by atoms with Gasteiger partial charge in [-0.15, -0.1) is 0 Å². The second kappa shape index (κ2) is 4.63. The van der Waals surface area contributed by atoms with E-state index in [4.69, 9.17) is 14.6 Å². The molecule has 1 aliphatic heterocycles. The number of fused-ring (bicyclic) bond motifs is 1. The Morgan fingerprint density at radius 3 is 2.76 bits per heavy atom. The molecule has 1 aromatic rings. The average molecular weight is 238 g/mol. The summed E-state index contributed by atoms with van der Waals surface area (Å²) in [6.07, 6.45) is -0.752. The Labute approximate surface area is 98.6 Å². The monoisotopic (exact) mass is 238 g/mol. The SMILES string of the molecule is Cc1c(C(O)C(=O)O)ccc2c1OCCCO2. The molecule has 0 saturated heterocycles. The van der Waals surface area contributed by atoms with Crippen molar-refractivity contribution >= 4 is 5.97 Å². The van der Waals surface area contributed by atoms with E-state index >= 15 is 0 Å². The number of carbonyl (C=O) groups is 1. The Bertz CT molecular complexity index is 441. The summed E-state index contributed by atoms with van der Waals surface area (Å²) in [6, 6.07) is 3.19. The maximum absolute atomic E-state index is 10.8. The van der Waals surface area contributed by atoms with Crippen molar-refractivity contribution in [2.45, 2.75) is 19.4 Å². The summed E-state index contributed by atoms with van der Waals surface area (Å²) in [7, 11) is 0. The Morgan fingerprint density at radius 2 is 2.06 bits per heavy atom. The van der Waals surface area contributed by atoms with Crippen molar-refractivity contribution in [1.29, 1.82) is 0 Å². The van der Waals surface area contributed by atoms with Gasteiger partial charge in [-0.25, -0.2) is 4.79 Å². The van der Waals surface area contributed by atoms with E-state index in [1.54, 1.807) is 19.1 Å². The highest BCUT2D eigenvalue weighted by Crippen LogP contribution is 2.36. The number of ether oxygens (including phenoxy) is 2. The highest BCUT2D eigenvalue weighted by Gasteiger charge is 2.23. The first-order chi connectivity index (χ1) is 8.11. The summed E-state index contributed by atoms with van der Waals surface area (Å²) in [4.78, 5) is 10.8. The third kappa shape index (κ3) is 2.19. The van der Waals surface area contributed by atoms with Gasteiger partial charge in [0.1, 0.15) is 0 Å². The third-order valence-corrected chi connectivity index (χ3v) is 2.73. The van der Waals surface area contributed by atoms with Crippen LogP contribution >= 0.6 is 0 Å². The predicted octanol–water partition coefficient (Wildman–Crippen LogP) is 1.27. The first-order valence-electron chi connectivity index (χ1n) is 5.41. The maximum Gasteiger partial charge on any atom is 0.337 e. The van der Waals surface area contributed by atoms with Crippen molar-refractivity contribution in [3.63, 3.8) is 0 Å². The number of carboxylic acids is 1. The summed E-state index contributed by atoms with van der Waals surface area (Å²) in [5, 5.41) is 18.4. The molecule has 5 heteroatoms. The van der Waals surface area contributed by atoms with E-state index < -0.39 is 12.1 Å². The van der Waals surface area contributed by atoms with Gasteiger partial charge in [0.2, 0.25) is 0 Å². The van der Waals surface area contributed by atoms with Crippen molar-refractivity contribution in [2.24, 2.45) is 0 Å². The van der Waals surface area contributed by atoms with Crippen LogP contribution in [-0.2, 0) is 4.79 Å². The molecule has 0 bridgehead atoms. The van der Waals surface area contributed by atoms with Crippen LogP contribution in [-0.4, -0.2) is 29.4 Å². The molecule has 17 heavy (non-hydrogen) atoms. The minimum atomic E-state index is -1.54. The van der Waals surface area contributed by atoms with Gasteiger partial charge in [-0.05, 0) is 18.6 Å². The fraction of sp³-hybridized carbons (Fsp3) is 0.417. The number of aliphatic hydroxyl groups is 1.